The van der Waals surface area contributed by atoms with Gasteiger partial charge in [-0.2, -0.15) is 0 Å². The summed E-state index contributed by atoms with van der Waals surface area (Å²) in [4.78, 5) is 39.1. The lowest BCUT2D eigenvalue weighted by atomic mass is 9.57. The van der Waals surface area contributed by atoms with Crippen molar-refractivity contribution in [3.05, 3.63) is 47.6 Å². The molecule has 0 radical (unpaired) electrons. The van der Waals surface area contributed by atoms with E-state index >= 15 is 0 Å². The number of aliphatic hydroxyl groups excluding tert-OH is 2. The summed E-state index contributed by atoms with van der Waals surface area (Å²) in [7, 11) is 1.43. The first-order valence-electron chi connectivity index (χ1n) is 16.0. The fourth-order valence-electron chi connectivity index (χ4n) is 7.81. The lowest BCUT2D eigenvalue weighted by Gasteiger charge is -2.49. The summed E-state index contributed by atoms with van der Waals surface area (Å²) in [5, 5.41) is 21.2. The van der Waals surface area contributed by atoms with Gasteiger partial charge in [0.1, 0.15) is 36.6 Å². The van der Waals surface area contributed by atoms with Crippen LogP contribution in [0.15, 0.2) is 47.6 Å². The molecule has 4 bridgehead atoms. The molecule has 3 aliphatic carbocycles. The number of allylic oxidation sites excluding steroid dienone is 3. The molecule has 0 aromatic rings. The highest BCUT2D eigenvalue weighted by Crippen LogP contribution is 2.61. The summed E-state index contributed by atoms with van der Waals surface area (Å²) >= 11 is 0. The van der Waals surface area contributed by atoms with Crippen LogP contribution in [0.5, 0.6) is 0 Å². The molecule has 46 heavy (non-hydrogen) atoms. The number of hydrogen-bond donors (Lipinski definition) is 3. The van der Waals surface area contributed by atoms with E-state index in [2.05, 4.69) is 0 Å². The molecule has 12 nitrogen and oxygen atoms in total. The third-order valence-corrected chi connectivity index (χ3v) is 10.3. The standard InChI is InChI=1S/C34H47NO11/c1-17-13-18(2)34-22(14-24(41-6)31(39)44-27(17)20(4)43-32(40)42-16-33(5,35)15-36)11-12-23-25(34)26(37)19(3)28(29(23)46-34)45-30(38)21-9-7-8-10-21/h7-9,11-13,17,19-20,22-29,36-37H,10,14-16,35H2,1-6H3/b18-13+/t17-,19-,20-,22-,23-,24+,25+,26-,27+,28-,29-,33?,34+/m1/s1. The molecular formula is C34H47NO11. The molecule has 2 aliphatic heterocycles. The van der Waals surface area contributed by atoms with E-state index < -0.39 is 84.3 Å². The van der Waals surface area contributed by atoms with Crippen molar-refractivity contribution in [1.82, 2.24) is 0 Å². The fourth-order valence-corrected chi connectivity index (χ4v) is 7.81. The Hall–Kier alpha value is -3.03. The smallest absolute Gasteiger partial charge is 0.456 e. The largest absolute Gasteiger partial charge is 0.508 e. The van der Waals surface area contributed by atoms with E-state index in [1.54, 1.807) is 13.0 Å². The Morgan fingerprint density at radius 1 is 1.26 bits per heavy atom. The summed E-state index contributed by atoms with van der Waals surface area (Å²) < 4.78 is 35.3. The molecule has 0 aromatic carbocycles. The topological polar surface area (TPSA) is 173 Å². The Morgan fingerprint density at radius 2 is 2.00 bits per heavy atom. The summed E-state index contributed by atoms with van der Waals surface area (Å²) in [6.45, 7) is 8.11. The van der Waals surface area contributed by atoms with E-state index in [1.165, 1.54) is 14.0 Å². The van der Waals surface area contributed by atoms with Crippen LogP contribution in [0.25, 0.3) is 0 Å². The van der Waals surface area contributed by atoms with E-state index in [4.69, 9.17) is 34.2 Å². The van der Waals surface area contributed by atoms with Crippen LogP contribution >= 0.6 is 0 Å². The quantitative estimate of drug-likeness (QED) is 0.200. The Balaban J connectivity index is 1.46. The molecule has 1 spiro atoms. The number of hydrogen-bond acceptors (Lipinski definition) is 12. The number of ether oxygens (including phenoxy) is 6. The van der Waals surface area contributed by atoms with Gasteiger partial charge in [-0.25, -0.2) is 14.4 Å². The molecule has 2 fully saturated rings. The monoisotopic (exact) mass is 645 g/mol. The Kier molecular flexibility index (Phi) is 9.87. The minimum Gasteiger partial charge on any atom is -0.456 e. The summed E-state index contributed by atoms with van der Waals surface area (Å²) in [6.07, 6.45) is 6.17. The molecule has 5 aliphatic rings. The summed E-state index contributed by atoms with van der Waals surface area (Å²) in [5.74, 6) is -2.91. The summed E-state index contributed by atoms with van der Waals surface area (Å²) in [5.41, 5.74) is 5.06. The van der Waals surface area contributed by atoms with Gasteiger partial charge in [-0.3, -0.25) is 0 Å². The Bertz CT molecular complexity index is 1320. The highest BCUT2D eigenvalue weighted by atomic mass is 16.7. The van der Waals surface area contributed by atoms with Gasteiger partial charge in [0, 0.05) is 42.3 Å². The van der Waals surface area contributed by atoms with E-state index in [1.807, 2.05) is 51.2 Å². The van der Waals surface area contributed by atoms with Crippen molar-refractivity contribution < 1.29 is 53.0 Å². The minimum absolute atomic E-state index is 0.200. The highest BCUT2D eigenvalue weighted by molar-refractivity contribution is 5.90. The minimum atomic E-state index is -1.14. The highest BCUT2D eigenvalue weighted by Gasteiger charge is 2.69. The van der Waals surface area contributed by atoms with E-state index in [9.17, 15) is 24.6 Å². The van der Waals surface area contributed by atoms with Gasteiger partial charge in [-0.15, -0.1) is 0 Å². The van der Waals surface area contributed by atoms with Crippen LogP contribution in [0.3, 0.4) is 0 Å². The first-order chi connectivity index (χ1) is 21.7. The average molecular weight is 646 g/mol. The van der Waals surface area contributed by atoms with Crippen molar-refractivity contribution in [2.75, 3.05) is 20.3 Å². The van der Waals surface area contributed by atoms with Gasteiger partial charge in [-0.05, 0) is 39.2 Å². The van der Waals surface area contributed by atoms with Crippen LogP contribution in [-0.2, 0) is 38.0 Å². The molecule has 5 rings (SSSR count). The SMILES string of the molecule is CO[C@H]1C[C@H]2C=C[C@H]3[C@H]4O[C@]2(/C(C)=C/[C@@H](C)[C@@H]([C@@H](C)OC(=O)OCC(C)(N)CO)OC1=O)[C@@H]3[C@H](O)[C@@H](C)[C@H]4OC(=O)C1=CC=CC1. The molecule has 2 heterocycles. The fraction of sp³-hybridized carbons (Fsp3) is 0.676. The number of cyclic esters (lactones) is 1. The molecule has 1 saturated heterocycles. The second kappa shape index (κ2) is 13.2. The van der Waals surface area contributed by atoms with E-state index in [-0.39, 0.29) is 30.8 Å². The van der Waals surface area contributed by atoms with Crippen LogP contribution in [0.1, 0.15) is 47.5 Å². The van der Waals surface area contributed by atoms with Crippen molar-refractivity contribution in [2.24, 2.45) is 35.3 Å². The van der Waals surface area contributed by atoms with Crippen LogP contribution < -0.4 is 5.73 Å². The first kappa shape index (κ1) is 34.3. The van der Waals surface area contributed by atoms with Gasteiger partial charge in [-0.1, -0.05) is 50.3 Å². The lowest BCUT2D eigenvalue weighted by Crippen LogP contribution is -2.57. The Labute approximate surface area is 269 Å². The van der Waals surface area contributed by atoms with E-state index in [0.717, 1.165) is 5.57 Å². The van der Waals surface area contributed by atoms with Gasteiger partial charge in [0.15, 0.2) is 6.10 Å². The van der Waals surface area contributed by atoms with Crippen LogP contribution in [0.2, 0.25) is 0 Å². The van der Waals surface area contributed by atoms with Crippen molar-refractivity contribution in [2.45, 2.75) is 95.2 Å². The van der Waals surface area contributed by atoms with Gasteiger partial charge in [0.2, 0.25) is 0 Å². The lowest BCUT2D eigenvalue weighted by molar-refractivity contribution is -0.174. The molecule has 0 aromatic heterocycles. The maximum atomic E-state index is 13.5. The van der Waals surface area contributed by atoms with Gasteiger partial charge in [0.05, 0.1) is 18.2 Å². The molecule has 13 atom stereocenters. The van der Waals surface area contributed by atoms with Crippen LogP contribution in [0.4, 0.5) is 4.79 Å². The number of carbonyl (C=O) groups is 3. The molecule has 4 N–H and O–H groups in total. The predicted octanol–water partition coefficient (Wildman–Crippen LogP) is 2.52. The molecular weight excluding hydrogens is 598 g/mol. The van der Waals surface area contributed by atoms with Crippen molar-refractivity contribution in [3.8, 4) is 0 Å². The van der Waals surface area contributed by atoms with Gasteiger partial charge < -0.3 is 44.4 Å². The number of methoxy groups -OCH3 is 1. The number of nitrogens with two attached hydrogens (primary N) is 1. The maximum absolute atomic E-state index is 13.5. The maximum Gasteiger partial charge on any atom is 0.508 e. The zero-order chi connectivity index (χ0) is 33.6. The Morgan fingerprint density at radius 3 is 2.65 bits per heavy atom. The number of aliphatic hydroxyl groups is 2. The van der Waals surface area contributed by atoms with Crippen LogP contribution in [0, 0.1) is 29.6 Å². The van der Waals surface area contributed by atoms with Gasteiger partial charge >= 0.3 is 18.1 Å². The summed E-state index contributed by atoms with van der Waals surface area (Å²) in [6, 6.07) is 0. The number of esters is 2. The van der Waals surface area contributed by atoms with Crippen molar-refractivity contribution in [1.29, 1.82) is 0 Å². The molecule has 0 amide bonds. The van der Waals surface area contributed by atoms with Gasteiger partial charge in [0.25, 0.3) is 0 Å². The normalized spacial score (nSPS) is 41.2. The van der Waals surface area contributed by atoms with Crippen molar-refractivity contribution >= 4 is 18.1 Å². The third-order valence-electron chi connectivity index (χ3n) is 10.3. The first-order valence-corrected chi connectivity index (χ1v) is 16.0. The molecule has 1 saturated carbocycles. The predicted molar refractivity (Wildman–Crippen MR) is 164 cm³/mol. The molecule has 1 unspecified atom stereocenters. The zero-order valence-corrected chi connectivity index (χ0v) is 27.3. The number of carbonyl (C=O) groups excluding carboxylic acids is 3. The third kappa shape index (κ3) is 6.17. The number of rotatable bonds is 8. The second-order valence-electron chi connectivity index (χ2n) is 13.8. The average Bonchev–Trinajstić information content (AvgIpc) is 3.62. The second-order valence-corrected chi connectivity index (χ2v) is 13.8. The molecule has 254 valence electrons. The van der Waals surface area contributed by atoms with Crippen LogP contribution in [-0.4, -0.2) is 96.4 Å². The zero-order valence-electron chi connectivity index (χ0n) is 27.3. The van der Waals surface area contributed by atoms with E-state index in [0.29, 0.717) is 12.0 Å². The molecule has 12 heteroatoms. The van der Waals surface area contributed by atoms with Crippen molar-refractivity contribution in [3.63, 3.8) is 0 Å².